The molecular weight excluding hydrogens is 432 g/mol. The standard InChI is InChI=1S/C21H24F4N4O3/c1-20(2,3)32-19(30)29-10-16(28-18-26-8-15(22)9-27-18)17(11-29)31-12-13-4-6-14(7-5-13)21(23,24)25/h4-9,16-17H,10-12H2,1-3H3,(H,26,27,28)/t16-,17-/m1/s1/i12D2. The van der Waals surface area contributed by atoms with Crippen molar-refractivity contribution in [1.29, 1.82) is 0 Å². The first-order chi connectivity index (χ1) is 15.6. The Morgan fingerprint density at radius 1 is 1.19 bits per heavy atom. The number of amides is 1. The van der Waals surface area contributed by atoms with Crippen LogP contribution in [0.3, 0.4) is 0 Å². The smallest absolute Gasteiger partial charge is 0.416 e. The highest BCUT2D eigenvalue weighted by atomic mass is 19.4. The summed E-state index contributed by atoms with van der Waals surface area (Å²) in [5.74, 6) is -0.625. The highest BCUT2D eigenvalue weighted by molar-refractivity contribution is 5.69. The van der Waals surface area contributed by atoms with E-state index in [1.165, 1.54) is 4.90 Å². The number of nitrogens with zero attached hydrogens (tertiary/aromatic N) is 3. The first kappa shape index (κ1) is 20.9. The molecule has 174 valence electrons. The van der Waals surface area contributed by atoms with Gasteiger partial charge in [0.1, 0.15) is 5.60 Å². The summed E-state index contributed by atoms with van der Waals surface area (Å²) in [6.45, 7) is 2.56. The minimum atomic E-state index is -4.56. The molecule has 1 aliphatic heterocycles. The van der Waals surface area contributed by atoms with Gasteiger partial charge in [0.15, 0.2) is 5.82 Å². The average molecular weight is 458 g/mol. The molecule has 32 heavy (non-hydrogen) atoms. The number of ether oxygens (including phenoxy) is 2. The predicted molar refractivity (Wildman–Crippen MR) is 107 cm³/mol. The fraction of sp³-hybridized carbons (Fsp3) is 0.476. The van der Waals surface area contributed by atoms with Gasteiger partial charge in [-0.1, -0.05) is 12.1 Å². The van der Waals surface area contributed by atoms with Crippen LogP contribution >= 0.6 is 0 Å². The van der Waals surface area contributed by atoms with E-state index in [0.717, 1.165) is 36.7 Å². The van der Waals surface area contributed by atoms with Crippen molar-refractivity contribution >= 4 is 12.0 Å². The number of halogens is 4. The van der Waals surface area contributed by atoms with Gasteiger partial charge in [-0.3, -0.25) is 0 Å². The van der Waals surface area contributed by atoms with Gasteiger partial charge in [-0.15, -0.1) is 0 Å². The maximum Gasteiger partial charge on any atom is 0.416 e. The Balaban J connectivity index is 1.80. The van der Waals surface area contributed by atoms with Crippen LogP contribution in [0.4, 0.5) is 28.3 Å². The molecule has 1 aromatic carbocycles. The molecule has 2 atom stereocenters. The van der Waals surface area contributed by atoms with E-state index in [0.29, 0.717) is 0 Å². The van der Waals surface area contributed by atoms with Crippen LogP contribution in [0.1, 0.15) is 34.6 Å². The Kier molecular flexibility index (Phi) is 6.06. The van der Waals surface area contributed by atoms with E-state index in [4.69, 9.17) is 12.2 Å². The van der Waals surface area contributed by atoms with Gasteiger partial charge in [0, 0.05) is 6.54 Å². The van der Waals surface area contributed by atoms with Crippen molar-refractivity contribution in [3.05, 3.63) is 53.6 Å². The number of anilines is 1. The van der Waals surface area contributed by atoms with E-state index in [-0.39, 0.29) is 24.6 Å². The molecule has 0 aliphatic carbocycles. The van der Waals surface area contributed by atoms with Crippen LogP contribution in [0.25, 0.3) is 0 Å². The summed E-state index contributed by atoms with van der Waals surface area (Å²) < 4.78 is 79.3. The van der Waals surface area contributed by atoms with E-state index >= 15 is 0 Å². The summed E-state index contributed by atoms with van der Waals surface area (Å²) in [7, 11) is 0. The summed E-state index contributed by atoms with van der Waals surface area (Å²) in [6.07, 6.45) is -4.30. The van der Waals surface area contributed by atoms with Crippen molar-refractivity contribution in [2.24, 2.45) is 0 Å². The van der Waals surface area contributed by atoms with E-state index in [9.17, 15) is 22.4 Å². The SMILES string of the molecule is [2H]C([2H])(O[C@@H]1CN(C(=O)OC(C)(C)C)C[C@H]1Nc1ncc(F)cn1)c1ccc(C(F)(F)F)cc1. The third-order valence-electron chi connectivity index (χ3n) is 4.39. The van der Waals surface area contributed by atoms with Gasteiger partial charge in [-0.25, -0.2) is 19.2 Å². The number of nitrogens with one attached hydrogen (secondary N) is 1. The lowest BCUT2D eigenvalue weighted by atomic mass is 10.1. The summed E-state index contributed by atoms with van der Waals surface area (Å²) in [4.78, 5) is 21.5. The number of alkyl halides is 3. The van der Waals surface area contributed by atoms with Gasteiger partial charge in [-0.05, 0) is 38.5 Å². The molecule has 0 radical (unpaired) electrons. The molecule has 0 saturated carbocycles. The van der Waals surface area contributed by atoms with Crippen LogP contribution in [0.15, 0.2) is 36.7 Å². The van der Waals surface area contributed by atoms with Crippen LogP contribution in [0.2, 0.25) is 0 Å². The number of rotatable bonds is 5. The highest BCUT2D eigenvalue weighted by Gasteiger charge is 2.38. The van der Waals surface area contributed by atoms with Crippen molar-refractivity contribution in [2.45, 2.75) is 51.3 Å². The van der Waals surface area contributed by atoms with Crippen LogP contribution in [-0.4, -0.2) is 51.8 Å². The Morgan fingerprint density at radius 3 is 2.38 bits per heavy atom. The first-order valence-electron chi connectivity index (χ1n) is 10.7. The fourth-order valence-corrected chi connectivity index (χ4v) is 2.93. The van der Waals surface area contributed by atoms with Gasteiger partial charge in [0.05, 0.1) is 45.9 Å². The molecule has 7 nitrogen and oxygen atoms in total. The largest absolute Gasteiger partial charge is 0.444 e. The molecule has 1 aliphatic rings. The molecule has 0 unspecified atom stereocenters. The molecule has 3 rings (SSSR count). The number of benzene rings is 1. The second kappa shape index (κ2) is 9.27. The zero-order chi connectivity index (χ0) is 25.3. The molecule has 1 aromatic heterocycles. The van der Waals surface area contributed by atoms with Gasteiger partial charge >= 0.3 is 12.3 Å². The van der Waals surface area contributed by atoms with Crippen molar-refractivity contribution in [3.8, 4) is 0 Å². The second-order valence-electron chi connectivity index (χ2n) is 8.19. The van der Waals surface area contributed by atoms with E-state index in [2.05, 4.69) is 15.3 Å². The molecule has 1 N–H and O–H groups in total. The fourth-order valence-electron chi connectivity index (χ4n) is 2.93. The molecule has 0 spiro atoms. The van der Waals surface area contributed by atoms with Gasteiger partial charge in [-0.2, -0.15) is 13.2 Å². The van der Waals surface area contributed by atoms with Gasteiger partial charge in [0.2, 0.25) is 5.95 Å². The minimum absolute atomic E-state index is 0.0288. The normalized spacial score (nSPS) is 20.5. The number of likely N-dealkylation sites (tertiary alicyclic amines) is 1. The highest BCUT2D eigenvalue weighted by Crippen LogP contribution is 2.29. The Morgan fingerprint density at radius 2 is 1.81 bits per heavy atom. The Labute approximate surface area is 185 Å². The van der Waals surface area contributed by atoms with Gasteiger partial charge in [0.25, 0.3) is 0 Å². The maximum atomic E-state index is 13.1. The van der Waals surface area contributed by atoms with Crippen LogP contribution in [-0.2, 0) is 22.2 Å². The van der Waals surface area contributed by atoms with Crippen molar-refractivity contribution < 1.29 is 34.6 Å². The lowest BCUT2D eigenvalue weighted by molar-refractivity contribution is -0.137. The molecule has 11 heteroatoms. The molecule has 1 fully saturated rings. The molecular formula is C21H24F4N4O3. The Bertz CT molecular complexity index is 999. The lowest BCUT2D eigenvalue weighted by Gasteiger charge is -2.24. The predicted octanol–water partition coefficient (Wildman–Crippen LogP) is 4.25. The molecule has 0 bridgehead atoms. The van der Waals surface area contributed by atoms with Crippen molar-refractivity contribution in [1.82, 2.24) is 14.9 Å². The van der Waals surface area contributed by atoms with Crippen molar-refractivity contribution in [2.75, 3.05) is 18.4 Å². The third kappa shape index (κ3) is 6.52. The number of aromatic nitrogens is 2. The third-order valence-corrected chi connectivity index (χ3v) is 4.39. The quantitative estimate of drug-likeness (QED) is 0.675. The van der Waals surface area contributed by atoms with E-state index in [1.807, 2.05) is 0 Å². The zero-order valence-electron chi connectivity index (χ0n) is 19.6. The second-order valence-corrected chi connectivity index (χ2v) is 8.19. The zero-order valence-corrected chi connectivity index (χ0v) is 17.6. The van der Waals surface area contributed by atoms with Gasteiger partial charge < -0.3 is 19.7 Å². The average Bonchev–Trinajstić information content (AvgIpc) is 3.10. The summed E-state index contributed by atoms with van der Waals surface area (Å²) in [5, 5.41) is 2.89. The lowest BCUT2D eigenvalue weighted by Crippen LogP contribution is -2.36. The summed E-state index contributed by atoms with van der Waals surface area (Å²) in [5.41, 5.74) is -1.82. The van der Waals surface area contributed by atoms with Crippen LogP contribution in [0.5, 0.6) is 0 Å². The van der Waals surface area contributed by atoms with Crippen LogP contribution in [0, 0.1) is 5.82 Å². The number of hydrogen-bond donors (Lipinski definition) is 1. The van der Waals surface area contributed by atoms with Crippen molar-refractivity contribution in [3.63, 3.8) is 0 Å². The molecule has 1 amide bonds. The first-order valence-corrected chi connectivity index (χ1v) is 9.72. The topological polar surface area (TPSA) is 76.6 Å². The maximum absolute atomic E-state index is 13.1. The van der Waals surface area contributed by atoms with Crippen LogP contribution < -0.4 is 5.32 Å². The number of carbonyl (C=O) groups is 1. The minimum Gasteiger partial charge on any atom is -0.444 e. The molecule has 2 heterocycles. The Hall–Kier alpha value is -2.95. The molecule has 1 saturated heterocycles. The van der Waals surface area contributed by atoms with E-state index in [1.54, 1.807) is 20.8 Å². The van der Waals surface area contributed by atoms with E-state index < -0.39 is 48.0 Å². The molecule has 2 aromatic rings. The summed E-state index contributed by atoms with van der Waals surface area (Å²) in [6, 6.07) is 2.80. The number of hydrogen-bond acceptors (Lipinski definition) is 6. The number of carbonyl (C=O) groups excluding carboxylic acids is 1. The monoisotopic (exact) mass is 458 g/mol. The summed E-state index contributed by atoms with van der Waals surface area (Å²) >= 11 is 0.